The van der Waals surface area contributed by atoms with Gasteiger partial charge in [-0.3, -0.25) is 0 Å². The van der Waals surface area contributed by atoms with Gasteiger partial charge in [0.25, 0.3) is 0 Å². The van der Waals surface area contributed by atoms with Crippen LogP contribution in [0.4, 0.5) is 5.69 Å². The molecule has 0 radical (unpaired) electrons. The SMILES string of the molecule is C/C=C(\C=C/CC)C1CCc2cc(OC(C)(C)C)ccc2C1c1ccc(N2CCC3(CCCCO3)CC2)cc1.CO. The lowest BCUT2D eigenvalue weighted by atomic mass is 9.69. The molecule has 5 rings (SSSR count). The molecule has 1 aliphatic carbocycles. The predicted molar refractivity (Wildman–Crippen MR) is 172 cm³/mol. The average Bonchev–Trinajstić information content (AvgIpc) is 2.98. The number of aliphatic hydroxyl groups excluding tert-OH is 1. The van der Waals surface area contributed by atoms with E-state index >= 15 is 0 Å². The topological polar surface area (TPSA) is 41.9 Å². The van der Waals surface area contributed by atoms with Gasteiger partial charge in [0.1, 0.15) is 11.4 Å². The third-order valence-electron chi connectivity index (χ3n) is 9.04. The van der Waals surface area contributed by atoms with E-state index in [1.54, 1.807) is 0 Å². The van der Waals surface area contributed by atoms with E-state index in [0.29, 0.717) is 11.8 Å². The molecular formula is C37H53NO3. The first-order valence-electron chi connectivity index (χ1n) is 15.9. The van der Waals surface area contributed by atoms with Crippen LogP contribution in [-0.4, -0.2) is 43.1 Å². The van der Waals surface area contributed by atoms with Crippen LogP contribution in [0.3, 0.4) is 0 Å². The van der Waals surface area contributed by atoms with E-state index < -0.39 is 0 Å². The zero-order valence-corrected chi connectivity index (χ0v) is 26.4. The molecule has 0 bridgehead atoms. The van der Waals surface area contributed by atoms with Crippen molar-refractivity contribution in [3.05, 3.63) is 83.0 Å². The van der Waals surface area contributed by atoms with Crippen molar-refractivity contribution >= 4 is 5.69 Å². The van der Waals surface area contributed by atoms with E-state index in [0.717, 1.165) is 64.7 Å². The van der Waals surface area contributed by atoms with Gasteiger partial charge in [0.2, 0.25) is 0 Å². The molecule has 1 spiro atoms. The quantitative estimate of drug-likeness (QED) is 0.360. The van der Waals surface area contributed by atoms with Crippen molar-refractivity contribution in [3.8, 4) is 5.75 Å². The summed E-state index contributed by atoms with van der Waals surface area (Å²) < 4.78 is 12.5. The maximum absolute atomic E-state index is 7.00. The van der Waals surface area contributed by atoms with Crippen molar-refractivity contribution in [1.29, 1.82) is 0 Å². The van der Waals surface area contributed by atoms with Gasteiger partial charge in [-0.05, 0) is 132 Å². The summed E-state index contributed by atoms with van der Waals surface area (Å²) in [5, 5.41) is 7.00. The van der Waals surface area contributed by atoms with Crippen molar-refractivity contribution < 1.29 is 14.6 Å². The van der Waals surface area contributed by atoms with Crippen LogP contribution in [0.15, 0.2) is 66.3 Å². The number of hydrogen-bond acceptors (Lipinski definition) is 4. The number of anilines is 1. The van der Waals surface area contributed by atoms with Crippen LogP contribution in [0.1, 0.15) is 102 Å². The second kappa shape index (κ2) is 14.1. The summed E-state index contributed by atoms with van der Waals surface area (Å²) in [6.45, 7) is 13.9. The molecular weight excluding hydrogens is 506 g/mol. The lowest BCUT2D eigenvalue weighted by Gasteiger charge is -2.44. The highest BCUT2D eigenvalue weighted by Gasteiger charge is 2.37. The van der Waals surface area contributed by atoms with E-state index in [4.69, 9.17) is 14.6 Å². The molecule has 4 nitrogen and oxygen atoms in total. The minimum atomic E-state index is -0.194. The number of allylic oxidation sites excluding steroid dienone is 4. The summed E-state index contributed by atoms with van der Waals surface area (Å²) in [4.78, 5) is 2.57. The molecule has 2 atom stereocenters. The molecule has 0 saturated carbocycles. The molecule has 2 aromatic carbocycles. The summed E-state index contributed by atoms with van der Waals surface area (Å²) >= 11 is 0. The summed E-state index contributed by atoms with van der Waals surface area (Å²) in [6, 6.07) is 16.4. The zero-order valence-electron chi connectivity index (χ0n) is 26.4. The van der Waals surface area contributed by atoms with Gasteiger partial charge in [-0.1, -0.05) is 43.4 Å². The van der Waals surface area contributed by atoms with Gasteiger partial charge in [0.05, 0.1) is 5.60 Å². The number of benzene rings is 2. The first kappa shape index (κ1) is 31.4. The molecule has 41 heavy (non-hydrogen) atoms. The van der Waals surface area contributed by atoms with Crippen molar-refractivity contribution in [2.45, 2.75) is 103 Å². The number of hydrogen-bond donors (Lipinski definition) is 1. The van der Waals surface area contributed by atoms with E-state index in [2.05, 4.69) is 100 Å². The van der Waals surface area contributed by atoms with Gasteiger partial charge >= 0.3 is 0 Å². The molecule has 2 fully saturated rings. The summed E-state index contributed by atoms with van der Waals surface area (Å²) in [5.41, 5.74) is 7.08. The van der Waals surface area contributed by atoms with Crippen LogP contribution in [0.25, 0.3) is 0 Å². The first-order valence-corrected chi connectivity index (χ1v) is 15.9. The van der Waals surface area contributed by atoms with Gasteiger partial charge in [0, 0.05) is 38.4 Å². The molecule has 2 aliphatic heterocycles. The average molecular weight is 560 g/mol. The number of rotatable bonds is 6. The Labute approximate surface area is 249 Å². The lowest BCUT2D eigenvalue weighted by Crippen LogP contribution is -2.47. The molecule has 2 aromatic rings. The van der Waals surface area contributed by atoms with Gasteiger partial charge in [-0.15, -0.1) is 0 Å². The molecule has 2 saturated heterocycles. The molecule has 224 valence electrons. The maximum Gasteiger partial charge on any atom is 0.120 e. The van der Waals surface area contributed by atoms with E-state index in [9.17, 15) is 0 Å². The van der Waals surface area contributed by atoms with E-state index in [1.807, 2.05) is 0 Å². The molecule has 0 aromatic heterocycles. The Balaban J connectivity index is 0.00000189. The fraction of sp³-hybridized carbons (Fsp3) is 0.568. The minimum Gasteiger partial charge on any atom is -0.488 e. The van der Waals surface area contributed by atoms with Gasteiger partial charge in [-0.2, -0.15) is 0 Å². The van der Waals surface area contributed by atoms with Crippen LogP contribution in [0.5, 0.6) is 5.75 Å². The summed E-state index contributed by atoms with van der Waals surface area (Å²) in [7, 11) is 1.00. The molecule has 2 unspecified atom stereocenters. The third-order valence-corrected chi connectivity index (χ3v) is 9.04. The van der Waals surface area contributed by atoms with Crippen molar-refractivity contribution in [1.82, 2.24) is 0 Å². The Kier molecular flexibility index (Phi) is 10.8. The van der Waals surface area contributed by atoms with E-state index in [1.165, 1.54) is 47.2 Å². The fourth-order valence-electron chi connectivity index (χ4n) is 7.04. The van der Waals surface area contributed by atoms with Crippen LogP contribution < -0.4 is 9.64 Å². The van der Waals surface area contributed by atoms with Crippen molar-refractivity contribution in [2.75, 3.05) is 31.7 Å². The first-order chi connectivity index (χ1) is 19.8. The van der Waals surface area contributed by atoms with Crippen molar-refractivity contribution in [3.63, 3.8) is 0 Å². The van der Waals surface area contributed by atoms with Gasteiger partial charge in [0.15, 0.2) is 0 Å². The third kappa shape index (κ3) is 7.64. The Morgan fingerprint density at radius 1 is 1.05 bits per heavy atom. The number of ether oxygens (including phenoxy) is 2. The number of nitrogens with zero attached hydrogens (tertiary/aromatic N) is 1. The smallest absolute Gasteiger partial charge is 0.120 e. The monoisotopic (exact) mass is 559 g/mol. The van der Waals surface area contributed by atoms with Gasteiger partial charge < -0.3 is 19.5 Å². The van der Waals surface area contributed by atoms with Crippen LogP contribution in [0.2, 0.25) is 0 Å². The highest BCUT2D eigenvalue weighted by molar-refractivity contribution is 5.52. The minimum absolute atomic E-state index is 0.151. The Morgan fingerprint density at radius 2 is 1.78 bits per heavy atom. The zero-order chi connectivity index (χ0) is 29.5. The molecule has 2 heterocycles. The standard InChI is InChI=1S/C36H49NO2.CH4O/c1-6-8-11-27(7-2)32-18-14-29-26-31(39-35(3,4)5)17-19-33(29)34(32)28-12-15-30(16-13-28)37-23-21-36(22-24-37)20-9-10-25-38-36;1-2/h7-8,11-13,15-17,19,26,32,34H,6,9-10,14,18,20-25H2,1-5H3;2H,1H3/b11-8-,27-7+;. The Bertz CT molecular complexity index is 1160. The number of aliphatic hydroxyl groups is 1. The van der Waals surface area contributed by atoms with Crippen LogP contribution >= 0.6 is 0 Å². The summed E-state index contributed by atoms with van der Waals surface area (Å²) in [6.07, 6.45) is 16.4. The molecule has 4 heteroatoms. The normalized spacial score (nSPS) is 22.7. The maximum atomic E-state index is 7.00. The molecule has 0 amide bonds. The predicted octanol–water partition coefficient (Wildman–Crippen LogP) is 8.62. The fourth-order valence-corrected chi connectivity index (χ4v) is 7.04. The van der Waals surface area contributed by atoms with Crippen LogP contribution in [0, 0.1) is 5.92 Å². The van der Waals surface area contributed by atoms with E-state index in [-0.39, 0.29) is 11.2 Å². The van der Waals surface area contributed by atoms with Gasteiger partial charge in [-0.25, -0.2) is 0 Å². The van der Waals surface area contributed by atoms with Crippen LogP contribution in [-0.2, 0) is 11.2 Å². The molecule has 3 aliphatic rings. The summed E-state index contributed by atoms with van der Waals surface area (Å²) in [5.74, 6) is 1.80. The lowest BCUT2D eigenvalue weighted by molar-refractivity contribution is -0.0920. The van der Waals surface area contributed by atoms with Crippen molar-refractivity contribution in [2.24, 2.45) is 5.92 Å². The largest absolute Gasteiger partial charge is 0.488 e. The second-order valence-electron chi connectivity index (χ2n) is 12.9. The highest BCUT2D eigenvalue weighted by Crippen LogP contribution is 2.46. The number of fused-ring (bicyclic) bond motifs is 1. The Morgan fingerprint density at radius 3 is 2.39 bits per heavy atom. The number of aryl methyl sites for hydroxylation is 1. The highest BCUT2D eigenvalue weighted by atomic mass is 16.5. The number of piperidine rings is 1. The second-order valence-corrected chi connectivity index (χ2v) is 12.9. The molecule has 1 N–H and O–H groups in total. The Hall–Kier alpha value is -2.56.